The molecule has 0 aliphatic heterocycles. The molecule has 0 bridgehead atoms. The number of hydrogen-bond donors (Lipinski definition) is 1. The SMILES string of the molecule is CCN(CC)S(=O)(=O)c1ccc(N(C)C)c(NC(=O)[C@H](C)Oc2ccccc2)c1. The maximum absolute atomic E-state index is 12.9. The fraction of sp³-hybridized carbons (Fsp3) is 0.381. The van der Waals surface area contributed by atoms with Crippen molar-refractivity contribution in [2.45, 2.75) is 31.8 Å². The van der Waals surface area contributed by atoms with Crippen molar-refractivity contribution in [1.29, 1.82) is 0 Å². The van der Waals surface area contributed by atoms with Crippen molar-refractivity contribution >= 4 is 27.3 Å². The van der Waals surface area contributed by atoms with Crippen LogP contribution < -0.4 is 15.0 Å². The number of nitrogens with one attached hydrogen (secondary N) is 1. The number of sulfonamides is 1. The monoisotopic (exact) mass is 419 g/mol. The minimum atomic E-state index is -3.64. The third-order valence-electron chi connectivity index (χ3n) is 4.48. The molecule has 29 heavy (non-hydrogen) atoms. The summed E-state index contributed by atoms with van der Waals surface area (Å²) in [6, 6.07) is 13.8. The molecular weight excluding hydrogens is 390 g/mol. The molecular formula is C21H29N3O4S. The molecule has 0 aliphatic rings. The van der Waals surface area contributed by atoms with Crippen molar-refractivity contribution in [3.05, 3.63) is 48.5 Å². The minimum absolute atomic E-state index is 0.138. The van der Waals surface area contributed by atoms with Crippen molar-refractivity contribution in [3.8, 4) is 5.75 Å². The molecule has 0 saturated heterocycles. The number of hydrogen-bond acceptors (Lipinski definition) is 5. The summed E-state index contributed by atoms with van der Waals surface area (Å²) in [5.41, 5.74) is 1.11. The first kappa shape index (κ1) is 22.7. The number of amides is 1. The van der Waals surface area contributed by atoms with Gasteiger partial charge in [0.25, 0.3) is 5.91 Å². The van der Waals surface area contributed by atoms with Crippen molar-refractivity contribution in [2.24, 2.45) is 0 Å². The molecule has 0 radical (unpaired) electrons. The van der Waals surface area contributed by atoms with Crippen molar-refractivity contribution in [1.82, 2.24) is 4.31 Å². The summed E-state index contributed by atoms with van der Waals surface area (Å²) in [4.78, 5) is 14.6. The Bertz CT molecular complexity index is 926. The van der Waals surface area contributed by atoms with Crippen LogP contribution in [-0.4, -0.2) is 51.9 Å². The zero-order valence-electron chi connectivity index (χ0n) is 17.5. The molecule has 1 atom stereocenters. The second kappa shape index (κ2) is 9.76. The van der Waals surface area contributed by atoms with Gasteiger partial charge in [-0.05, 0) is 37.3 Å². The average molecular weight is 420 g/mol. The van der Waals surface area contributed by atoms with E-state index in [9.17, 15) is 13.2 Å². The second-order valence-corrected chi connectivity index (χ2v) is 8.66. The van der Waals surface area contributed by atoms with Gasteiger partial charge >= 0.3 is 0 Å². The summed E-state index contributed by atoms with van der Waals surface area (Å²) >= 11 is 0. The number of ether oxygens (including phenoxy) is 1. The Kier molecular flexibility index (Phi) is 7.64. The zero-order chi connectivity index (χ0) is 21.6. The van der Waals surface area contributed by atoms with Crippen LogP contribution in [0.1, 0.15) is 20.8 Å². The first-order valence-electron chi connectivity index (χ1n) is 9.54. The van der Waals surface area contributed by atoms with E-state index in [0.717, 1.165) is 0 Å². The maximum Gasteiger partial charge on any atom is 0.265 e. The Hall–Kier alpha value is -2.58. The fourth-order valence-electron chi connectivity index (χ4n) is 2.87. The van der Waals surface area contributed by atoms with Crippen LogP contribution >= 0.6 is 0 Å². The molecule has 0 fully saturated rings. The molecule has 0 spiro atoms. The van der Waals surface area contributed by atoms with Crippen LogP contribution in [0.4, 0.5) is 11.4 Å². The predicted octanol–water partition coefficient (Wildman–Crippen LogP) is 3.19. The van der Waals surface area contributed by atoms with E-state index in [1.54, 1.807) is 45.0 Å². The van der Waals surface area contributed by atoms with Gasteiger partial charge in [0.05, 0.1) is 16.3 Å². The van der Waals surface area contributed by atoms with Crippen LogP contribution in [0.15, 0.2) is 53.4 Å². The molecule has 2 rings (SSSR count). The summed E-state index contributed by atoms with van der Waals surface area (Å²) in [5.74, 6) is 0.218. The third-order valence-corrected chi connectivity index (χ3v) is 6.52. The van der Waals surface area contributed by atoms with Crippen LogP contribution in [0.2, 0.25) is 0 Å². The number of anilines is 2. The number of rotatable bonds is 9. The van der Waals surface area contributed by atoms with E-state index in [1.165, 1.54) is 10.4 Å². The van der Waals surface area contributed by atoms with E-state index in [-0.39, 0.29) is 10.8 Å². The summed E-state index contributed by atoms with van der Waals surface area (Å²) in [6.45, 7) is 5.98. The molecule has 0 saturated carbocycles. The lowest BCUT2D eigenvalue weighted by Gasteiger charge is -2.23. The van der Waals surface area contributed by atoms with Crippen molar-refractivity contribution in [3.63, 3.8) is 0 Å². The van der Waals surface area contributed by atoms with Crippen molar-refractivity contribution < 1.29 is 17.9 Å². The number of nitrogens with zero attached hydrogens (tertiary/aromatic N) is 2. The highest BCUT2D eigenvalue weighted by atomic mass is 32.2. The molecule has 0 aromatic heterocycles. The van der Waals surface area contributed by atoms with E-state index < -0.39 is 16.1 Å². The van der Waals surface area contributed by atoms with E-state index in [0.29, 0.717) is 30.2 Å². The Morgan fingerprint density at radius 3 is 2.24 bits per heavy atom. The molecule has 7 nitrogen and oxygen atoms in total. The molecule has 0 heterocycles. The van der Waals surface area contributed by atoms with Gasteiger partial charge in [0.2, 0.25) is 10.0 Å². The highest BCUT2D eigenvalue weighted by molar-refractivity contribution is 7.89. The van der Waals surface area contributed by atoms with E-state index >= 15 is 0 Å². The van der Waals surface area contributed by atoms with Crippen LogP contribution in [0.25, 0.3) is 0 Å². The Labute approximate surface area is 173 Å². The first-order chi connectivity index (χ1) is 13.7. The highest BCUT2D eigenvalue weighted by Gasteiger charge is 2.24. The van der Waals surface area contributed by atoms with Crippen LogP contribution in [0.3, 0.4) is 0 Å². The van der Waals surface area contributed by atoms with Gasteiger partial charge in [-0.3, -0.25) is 4.79 Å². The summed E-state index contributed by atoms with van der Waals surface area (Å²) in [6.07, 6.45) is -0.754. The van der Waals surface area contributed by atoms with Gasteiger partial charge in [-0.15, -0.1) is 0 Å². The standard InChI is InChI=1S/C21H29N3O4S/c1-6-24(7-2)29(26,27)18-13-14-20(23(4)5)19(15-18)22-21(25)16(3)28-17-11-9-8-10-12-17/h8-16H,6-7H2,1-5H3,(H,22,25)/t16-/m0/s1. The van der Waals surface area contributed by atoms with E-state index in [1.807, 2.05) is 37.2 Å². The number of para-hydroxylation sites is 1. The highest BCUT2D eigenvalue weighted by Crippen LogP contribution is 2.29. The maximum atomic E-state index is 12.9. The van der Waals surface area contributed by atoms with Gasteiger partial charge in [-0.2, -0.15) is 4.31 Å². The molecule has 2 aromatic carbocycles. The Morgan fingerprint density at radius 1 is 1.07 bits per heavy atom. The van der Waals surface area contributed by atoms with Gasteiger partial charge in [0.15, 0.2) is 6.10 Å². The lowest BCUT2D eigenvalue weighted by atomic mass is 10.2. The fourth-order valence-corrected chi connectivity index (χ4v) is 4.35. The molecule has 158 valence electrons. The Balaban J connectivity index is 2.31. The van der Waals surface area contributed by atoms with Crippen LogP contribution in [0, 0.1) is 0 Å². The first-order valence-corrected chi connectivity index (χ1v) is 11.0. The van der Waals surface area contributed by atoms with Crippen LogP contribution in [-0.2, 0) is 14.8 Å². The summed E-state index contributed by atoms with van der Waals surface area (Å²) < 4.78 is 32.8. The van der Waals surface area contributed by atoms with Gasteiger partial charge in [0, 0.05) is 27.2 Å². The molecule has 0 aliphatic carbocycles. The lowest BCUT2D eigenvalue weighted by molar-refractivity contribution is -0.122. The Morgan fingerprint density at radius 2 is 1.69 bits per heavy atom. The topological polar surface area (TPSA) is 79.0 Å². The van der Waals surface area contributed by atoms with E-state index in [4.69, 9.17) is 4.74 Å². The largest absolute Gasteiger partial charge is 0.481 e. The van der Waals surface area contributed by atoms with Gasteiger partial charge in [0.1, 0.15) is 5.75 Å². The predicted molar refractivity (Wildman–Crippen MR) is 116 cm³/mol. The number of benzene rings is 2. The van der Waals surface area contributed by atoms with Gasteiger partial charge in [-0.25, -0.2) is 8.42 Å². The zero-order valence-corrected chi connectivity index (χ0v) is 18.4. The van der Waals surface area contributed by atoms with Crippen LogP contribution in [0.5, 0.6) is 5.75 Å². The van der Waals surface area contributed by atoms with Crippen molar-refractivity contribution in [2.75, 3.05) is 37.4 Å². The molecule has 8 heteroatoms. The molecule has 2 aromatic rings. The number of carbonyl (C=O) groups excluding carboxylic acids is 1. The third kappa shape index (κ3) is 5.48. The molecule has 1 amide bonds. The second-order valence-electron chi connectivity index (χ2n) is 6.73. The van der Waals surface area contributed by atoms with E-state index in [2.05, 4.69) is 5.32 Å². The molecule has 0 unspecified atom stereocenters. The average Bonchev–Trinajstić information content (AvgIpc) is 2.69. The smallest absolute Gasteiger partial charge is 0.265 e. The lowest BCUT2D eigenvalue weighted by Crippen LogP contribution is -2.32. The minimum Gasteiger partial charge on any atom is -0.481 e. The molecule has 1 N–H and O–H groups in total. The quantitative estimate of drug-likeness (QED) is 0.675. The number of carbonyl (C=O) groups is 1. The summed E-state index contributed by atoms with van der Waals surface area (Å²) in [5, 5.41) is 2.81. The van der Waals surface area contributed by atoms with Gasteiger partial charge < -0.3 is 15.0 Å². The van der Waals surface area contributed by atoms with Gasteiger partial charge in [-0.1, -0.05) is 32.0 Å². The summed E-state index contributed by atoms with van der Waals surface area (Å²) in [7, 11) is 0.0152. The normalized spacial score (nSPS) is 12.5.